The van der Waals surface area contributed by atoms with Gasteiger partial charge < -0.3 is 5.73 Å². The molecule has 19 heavy (non-hydrogen) atoms. The number of benzene rings is 1. The smallest absolute Gasteiger partial charge is 0.275 e. The molecule has 3 heteroatoms. The average molecular weight is 267 g/mol. The Labute approximate surface area is 114 Å². The van der Waals surface area contributed by atoms with Crippen LogP contribution in [0.1, 0.15) is 56.6 Å². The molecule has 1 aliphatic carbocycles. The third-order valence-electron chi connectivity index (χ3n) is 4.24. The molecule has 0 radical (unpaired) electrons. The van der Waals surface area contributed by atoms with Crippen LogP contribution in [0.5, 0.6) is 0 Å². The van der Waals surface area contributed by atoms with E-state index in [2.05, 4.69) is 0 Å². The van der Waals surface area contributed by atoms with Crippen LogP contribution in [-0.2, 0) is 5.92 Å². The van der Waals surface area contributed by atoms with Gasteiger partial charge >= 0.3 is 0 Å². The largest absolute Gasteiger partial charge is 0.328 e. The lowest BCUT2D eigenvalue weighted by atomic mass is 9.81. The number of alkyl halides is 2. The number of halogens is 2. The van der Waals surface area contributed by atoms with Gasteiger partial charge in [-0.3, -0.25) is 0 Å². The molecular formula is C16H23F2N. The molecule has 2 N–H and O–H groups in total. The monoisotopic (exact) mass is 267 g/mol. The van der Waals surface area contributed by atoms with Crippen molar-refractivity contribution in [1.82, 2.24) is 0 Å². The summed E-state index contributed by atoms with van der Waals surface area (Å²) in [5.41, 5.74) is 7.09. The van der Waals surface area contributed by atoms with Crippen molar-refractivity contribution >= 4 is 0 Å². The first-order chi connectivity index (χ1) is 8.91. The summed E-state index contributed by atoms with van der Waals surface area (Å²) in [7, 11) is 0. The Kier molecular flexibility index (Phi) is 4.24. The maximum absolute atomic E-state index is 14.1. The van der Waals surface area contributed by atoms with Crippen LogP contribution in [0.2, 0.25) is 0 Å². The van der Waals surface area contributed by atoms with Gasteiger partial charge in [-0.25, -0.2) is 8.78 Å². The van der Waals surface area contributed by atoms with Crippen molar-refractivity contribution in [2.24, 2.45) is 11.7 Å². The zero-order chi connectivity index (χ0) is 14.0. The third kappa shape index (κ3) is 3.14. The highest BCUT2D eigenvalue weighted by atomic mass is 19.3. The third-order valence-corrected chi connectivity index (χ3v) is 4.24. The van der Waals surface area contributed by atoms with Gasteiger partial charge in [0.1, 0.15) is 0 Å². The molecule has 1 saturated carbocycles. The molecule has 1 aromatic carbocycles. The van der Waals surface area contributed by atoms with Crippen LogP contribution in [0.3, 0.4) is 0 Å². The Morgan fingerprint density at radius 2 is 1.79 bits per heavy atom. The first-order valence-corrected chi connectivity index (χ1v) is 7.15. The summed E-state index contributed by atoms with van der Waals surface area (Å²) in [6, 6.07) is 7.26. The SMILES string of the molecule is CC(C)C(F)(F)c1cccc(C2CCC(N)CC2)c1. The summed E-state index contributed by atoms with van der Waals surface area (Å²) in [5.74, 6) is -3.04. The Balaban J connectivity index is 2.20. The number of hydrogen-bond acceptors (Lipinski definition) is 1. The zero-order valence-corrected chi connectivity index (χ0v) is 11.7. The summed E-state index contributed by atoms with van der Waals surface area (Å²) in [6.07, 6.45) is 4.01. The van der Waals surface area contributed by atoms with Crippen LogP contribution >= 0.6 is 0 Å². The van der Waals surface area contributed by atoms with Crippen molar-refractivity contribution in [2.75, 3.05) is 0 Å². The molecule has 0 heterocycles. The lowest BCUT2D eigenvalue weighted by molar-refractivity contribution is -0.0514. The van der Waals surface area contributed by atoms with E-state index in [1.165, 1.54) is 6.07 Å². The number of rotatable bonds is 3. The van der Waals surface area contributed by atoms with Gasteiger partial charge in [-0.15, -0.1) is 0 Å². The lowest BCUT2D eigenvalue weighted by Crippen LogP contribution is -2.26. The van der Waals surface area contributed by atoms with Crippen molar-refractivity contribution in [1.29, 1.82) is 0 Å². The van der Waals surface area contributed by atoms with Gasteiger partial charge in [0.05, 0.1) is 0 Å². The van der Waals surface area contributed by atoms with Gasteiger partial charge in [0, 0.05) is 17.5 Å². The quantitative estimate of drug-likeness (QED) is 0.862. The van der Waals surface area contributed by atoms with Gasteiger partial charge in [-0.2, -0.15) is 0 Å². The molecule has 1 fully saturated rings. The van der Waals surface area contributed by atoms with Crippen LogP contribution in [0.25, 0.3) is 0 Å². The molecular weight excluding hydrogens is 244 g/mol. The first kappa shape index (κ1) is 14.4. The number of nitrogens with two attached hydrogens (primary N) is 1. The molecule has 106 valence electrons. The van der Waals surface area contributed by atoms with Crippen LogP contribution in [0.4, 0.5) is 8.78 Å². The minimum Gasteiger partial charge on any atom is -0.328 e. The second-order valence-electron chi connectivity index (χ2n) is 6.01. The average Bonchev–Trinajstić information content (AvgIpc) is 2.39. The molecule has 0 aromatic heterocycles. The first-order valence-electron chi connectivity index (χ1n) is 7.15. The van der Waals surface area contributed by atoms with E-state index < -0.39 is 11.8 Å². The van der Waals surface area contributed by atoms with Crippen molar-refractivity contribution in [2.45, 2.75) is 57.4 Å². The predicted molar refractivity (Wildman–Crippen MR) is 74.4 cm³/mol. The topological polar surface area (TPSA) is 26.0 Å². The maximum Gasteiger partial charge on any atom is 0.275 e. The standard InChI is InChI=1S/C16H23F2N/c1-11(2)16(17,18)14-5-3-4-13(10-14)12-6-8-15(19)9-7-12/h3-5,10-12,15H,6-9,19H2,1-2H3. The van der Waals surface area contributed by atoms with Gasteiger partial charge in [0.2, 0.25) is 0 Å². The molecule has 0 bridgehead atoms. The number of hydrogen-bond donors (Lipinski definition) is 1. The highest BCUT2D eigenvalue weighted by Crippen LogP contribution is 2.38. The zero-order valence-electron chi connectivity index (χ0n) is 11.7. The van der Waals surface area contributed by atoms with Gasteiger partial charge in [-0.05, 0) is 43.2 Å². The fourth-order valence-electron chi connectivity index (χ4n) is 2.79. The molecule has 0 unspecified atom stereocenters. The van der Waals surface area contributed by atoms with Crippen LogP contribution < -0.4 is 5.73 Å². The molecule has 0 aliphatic heterocycles. The van der Waals surface area contributed by atoms with E-state index in [-0.39, 0.29) is 11.6 Å². The molecule has 1 aliphatic rings. The minimum atomic E-state index is -2.75. The second kappa shape index (κ2) is 5.58. The fourth-order valence-corrected chi connectivity index (χ4v) is 2.79. The Morgan fingerprint density at radius 1 is 1.16 bits per heavy atom. The van der Waals surface area contributed by atoms with Crippen molar-refractivity contribution in [3.63, 3.8) is 0 Å². The normalized spacial score (nSPS) is 24.7. The molecule has 1 nitrogen and oxygen atoms in total. The molecule has 2 rings (SSSR count). The highest BCUT2D eigenvalue weighted by Gasteiger charge is 2.35. The van der Waals surface area contributed by atoms with E-state index in [0.29, 0.717) is 5.92 Å². The summed E-state index contributed by atoms with van der Waals surface area (Å²) in [5, 5.41) is 0. The minimum absolute atomic E-state index is 0.148. The van der Waals surface area contributed by atoms with Crippen molar-refractivity contribution < 1.29 is 8.78 Å². The van der Waals surface area contributed by atoms with Crippen LogP contribution in [-0.4, -0.2) is 6.04 Å². The van der Waals surface area contributed by atoms with Gasteiger partial charge in [0.25, 0.3) is 5.92 Å². The Bertz CT molecular complexity index is 421. The molecule has 0 atom stereocenters. The summed E-state index contributed by atoms with van der Waals surface area (Å²) >= 11 is 0. The summed E-state index contributed by atoms with van der Waals surface area (Å²) < 4.78 is 28.1. The van der Waals surface area contributed by atoms with E-state index in [0.717, 1.165) is 31.2 Å². The molecule has 0 amide bonds. The van der Waals surface area contributed by atoms with E-state index in [1.54, 1.807) is 26.0 Å². The predicted octanol–water partition coefficient (Wildman–Crippen LogP) is 4.42. The highest BCUT2D eigenvalue weighted by molar-refractivity contribution is 5.30. The summed E-state index contributed by atoms with van der Waals surface area (Å²) in [4.78, 5) is 0. The summed E-state index contributed by atoms with van der Waals surface area (Å²) in [6.45, 7) is 3.12. The van der Waals surface area contributed by atoms with Crippen LogP contribution in [0, 0.1) is 5.92 Å². The second-order valence-corrected chi connectivity index (χ2v) is 6.01. The van der Waals surface area contributed by atoms with Crippen molar-refractivity contribution in [3.8, 4) is 0 Å². The maximum atomic E-state index is 14.1. The van der Waals surface area contributed by atoms with Crippen molar-refractivity contribution in [3.05, 3.63) is 35.4 Å². The van der Waals surface area contributed by atoms with Gasteiger partial charge in [0.15, 0.2) is 0 Å². The Hall–Kier alpha value is -0.960. The lowest BCUT2D eigenvalue weighted by Gasteiger charge is -2.28. The molecule has 0 saturated heterocycles. The fraction of sp³-hybridized carbons (Fsp3) is 0.625. The molecule has 1 aromatic rings. The Morgan fingerprint density at radius 3 is 2.37 bits per heavy atom. The van der Waals surface area contributed by atoms with E-state index in [9.17, 15) is 8.78 Å². The van der Waals surface area contributed by atoms with E-state index in [4.69, 9.17) is 5.73 Å². The van der Waals surface area contributed by atoms with E-state index in [1.807, 2.05) is 6.07 Å². The van der Waals surface area contributed by atoms with E-state index >= 15 is 0 Å². The van der Waals surface area contributed by atoms with Crippen LogP contribution in [0.15, 0.2) is 24.3 Å². The molecule has 0 spiro atoms. The van der Waals surface area contributed by atoms with Gasteiger partial charge in [-0.1, -0.05) is 32.0 Å².